The van der Waals surface area contributed by atoms with Gasteiger partial charge in [-0.25, -0.2) is 0 Å². The molecule has 0 saturated heterocycles. The summed E-state index contributed by atoms with van der Waals surface area (Å²) in [5, 5.41) is 10.9. The molecule has 0 saturated carbocycles. The van der Waals surface area contributed by atoms with Gasteiger partial charge in [0.2, 0.25) is 0 Å². The zero-order valence-electron chi connectivity index (χ0n) is 10.3. The van der Waals surface area contributed by atoms with Crippen molar-refractivity contribution in [2.45, 2.75) is 19.8 Å². The molecular weight excluding hydrogens is 226 g/mol. The van der Waals surface area contributed by atoms with Crippen LogP contribution in [0.2, 0.25) is 0 Å². The fourth-order valence-electron chi connectivity index (χ4n) is 2.06. The maximum Gasteiger partial charge on any atom is 0.272 e. The number of nitrogens with zero attached hydrogens (tertiary/aromatic N) is 1. The van der Waals surface area contributed by atoms with Crippen molar-refractivity contribution < 1.29 is 4.92 Å². The molecular formula is C15H15NO2. The van der Waals surface area contributed by atoms with E-state index in [1.54, 1.807) is 12.1 Å². The van der Waals surface area contributed by atoms with Crippen molar-refractivity contribution in [3.8, 4) is 0 Å². The maximum atomic E-state index is 10.9. The zero-order valence-corrected chi connectivity index (χ0v) is 10.3. The van der Waals surface area contributed by atoms with Crippen LogP contribution >= 0.6 is 0 Å². The van der Waals surface area contributed by atoms with Crippen LogP contribution in [-0.2, 0) is 12.8 Å². The Bertz CT molecular complexity index is 564. The Morgan fingerprint density at radius 3 is 2.17 bits per heavy atom. The molecule has 3 heteroatoms. The lowest BCUT2D eigenvalue weighted by molar-refractivity contribution is -0.385. The lowest BCUT2D eigenvalue weighted by Gasteiger charge is -2.06. The molecule has 0 unspecified atom stereocenters. The minimum absolute atomic E-state index is 0.214. The Balaban J connectivity index is 2.16. The predicted octanol–water partition coefficient (Wildman–Crippen LogP) is 3.69. The first-order valence-electron chi connectivity index (χ1n) is 5.95. The van der Waals surface area contributed by atoms with E-state index in [1.807, 2.05) is 24.3 Å². The number of hydrogen-bond donors (Lipinski definition) is 0. The molecule has 3 nitrogen and oxygen atoms in total. The summed E-state index contributed by atoms with van der Waals surface area (Å²) in [7, 11) is 0. The zero-order chi connectivity index (χ0) is 13.0. The van der Waals surface area contributed by atoms with E-state index in [0.29, 0.717) is 6.42 Å². The standard InChI is InChI=1S/C15H15NO2/c1-12-6-2-3-7-13(12)10-11-14-8-4-5-9-15(14)16(17)18/h2-9H,10-11H2,1H3. The average Bonchev–Trinajstić information content (AvgIpc) is 2.38. The largest absolute Gasteiger partial charge is 0.272 e. The van der Waals surface area contributed by atoms with E-state index in [4.69, 9.17) is 0 Å². The van der Waals surface area contributed by atoms with Gasteiger partial charge in [0.15, 0.2) is 0 Å². The number of nitro benzene ring substituents is 1. The Morgan fingerprint density at radius 2 is 1.50 bits per heavy atom. The molecule has 0 heterocycles. The van der Waals surface area contributed by atoms with Crippen LogP contribution in [0.1, 0.15) is 16.7 Å². The maximum absolute atomic E-state index is 10.9. The second-order valence-electron chi connectivity index (χ2n) is 4.31. The first-order chi connectivity index (χ1) is 8.68. The predicted molar refractivity (Wildman–Crippen MR) is 71.7 cm³/mol. The van der Waals surface area contributed by atoms with E-state index < -0.39 is 0 Å². The highest BCUT2D eigenvalue weighted by atomic mass is 16.6. The van der Waals surface area contributed by atoms with Crippen molar-refractivity contribution in [2.75, 3.05) is 0 Å². The Labute approximate surface area is 106 Å². The third-order valence-corrected chi connectivity index (χ3v) is 3.11. The summed E-state index contributed by atoms with van der Waals surface area (Å²) < 4.78 is 0. The van der Waals surface area contributed by atoms with E-state index in [-0.39, 0.29) is 10.6 Å². The summed E-state index contributed by atoms with van der Waals surface area (Å²) >= 11 is 0. The van der Waals surface area contributed by atoms with Crippen molar-refractivity contribution in [3.63, 3.8) is 0 Å². The average molecular weight is 241 g/mol. The van der Waals surface area contributed by atoms with Gasteiger partial charge in [-0.1, -0.05) is 42.5 Å². The van der Waals surface area contributed by atoms with Gasteiger partial charge >= 0.3 is 0 Å². The van der Waals surface area contributed by atoms with Gasteiger partial charge in [0, 0.05) is 11.6 Å². The van der Waals surface area contributed by atoms with Crippen LogP contribution < -0.4 is 0 Å². The van der Waals surface area contributed by atoms with Gasteiger partial charge in [0.05, 0.1) is 4.92 Å². The van der Waals surface area contributed by atoms with Crippen molar-refractivity contribution in [1.29, 1.82) is 0 Å². The van der Waals surface area contributed by atoms with Crippen molar-refractivity contribution in [2.24, 2.45) is 0 Å². The molecule has 0 amide bonds. The van der Waals surface area contributed by atoms with E-state index >= 15 is 0 Å². The van der Waals surface area contributed by atoms with Crippen LogP contribution in [0.4, 0.5) is 5.69 Å². The first kappa shape index (κ1) is 12.3. The summed E-state index contributed by atoms with van der Waals surface area (Å²) in [5.74, 6) is 0. The molecule has 0 spiro atoms. The van der Waals surface area contributed by atoms with E-state index in [1.165, 1.54) is 11.1 Å². The number of hydrogen-bond acceptors (Lipinski definition) is 2. The molecule has 0 atom stereocenters. The van der Waals surface area contributed by atoms with Gasteiger partial charge in [0.1, 0.15) is 0 Å². The molecule has 0 aromatic heterocycles. The summed E-state index contributed by atoms with van der Waals surface area (Å²) in [4.78, 5) is 10.6. The van der Waals surface area contributed by atoms with Gasteiger partial charge in [-0.2, -0.15) is 0 Å². The SMILES string of the molecule is Cc1ccccc1CCc1ccccc1[N+](=O)[O-]. The molecule has 0 aliphatic carbocycles. The summed E-state index contributed by atoms with van der Waals surface area (Å²) in [6, 6.07) is 15.1. The highest BCUT2D eigenvalue weighted by Gasteiger charge is 2.12. The molecule has 2 aromatic carbocycles. The first-order valence-corrected chi connectivity index (χ1v) is 5.95. The number of para-hydroxylation sites is 1. The summed E-state index contributed by atoms with van der Waals surface area (Å²) in [6.07, 6.45) is 1.53. The van der Waals surface area contributed by atoms with Gasteiger partial charge < -0.3 is 0 Å². The lowest BCUT2D eigenvalue weighted by atomic mass is 10.00. The third kappa shape index (κ3) is 2.74. The third-order valence-electron chi connectivity index (χ3n) is 3.11. The van der Waals surface area contributed by atoms with Crippen molar-refractivity contribution >= 4 is 5.69 Å². The van der Waals surface area contributed by atoms with Gasteiger partial charge in [-0.15, -0.1) is 0 Å². The number of aryl methyl sites for hydroxylation is 3. The number of benzene rings is 2. The van der Waals surface area contributed by atoms with Crippen molar-refractivity contribution in [1.82, 2.24) is 0 Å². The number of nitro groups is 1. The van der Waals surface area contributed by atoms with E-state index in [9.17, 15) is 10.1 Å². The van der Waals surface area contributed by atoms with Crippen LogP contribution in [0.25, 0.3) is 0 Å². The molecule has 0 aliphatic rings. The topological polar surface area (TPSA) is 43.1 Å². The van der Waals surface area contributed by atoms with E-state index in [2.05, 4.69) is 19.1 Å². The van der Waals surface area contributed by atoms with Crippen LogP contribution in [0.3, 0.4) is 0 Å². The minimum Gasteiger partial charge on any atom is -0.258 e. The van der Waals surface area contributed by atoms with Crippen LogP contribution in [0.5, 0.6) is 0 Å². The van der Waals surface area contributed by atoms with Crippen LogP contribution in [-0.4, -0.2) is 4.92 Å². The van der Waals surface area contributed by atoms with Crippen LogP contribution in [0.15, 0.2) is 48.5 Å². The Morgan fingerprint density at radius 1 is 0.944 bits per heavy atom. The van der Waals surface area contributed by atoms with E-state index in [0.717, 1.165) is 12.0 Å². The second kappa shape index (κ2) is 5.45. The van der Waals surface area contributed by atoms with Gasteiger partial charge in [-0.3, -0.25) is 10.1 Å². The normalized spacial score (nSPS) is 10.3. The fourth-order valence-corrected chi connectivity index (χ4v) is 2.06. The minimum atomic E-state index is -0.312. The molecule has 0 N–H and O–H groups in total. The second-order valence-corrected chi connectivity index (χ2v) is 4.31. The fraction of sp³-hybridized carbons (Fsp3) is 0.200. The van der Waals surface area contributed by atoms with Gasteiger partial charge in [0.25, 0.3) is 5.69 Å². The molecule has 0 radical (unpaired) electrons. The quantitative estimate of drug-likeness (QED) is 0.605. The smallest absolute Gasteiger partial charge is 0.258 e. The lowest BCUT2D eigenvalue weighted by Crippen LogP contribution is -1.98. The molecule has 18 heavy (non-hydrogen) atoms. The van der Waals surface area contributed by atoms with Crippen LogP contribution in [0, 0.1) is 17.0 Å². The molecule has 0 fully saturated rings. The Hall–Kier alpha value is -2.16. The molecule has 0 aliphatic heterocycles. The summed E-state index contributed by atoms with van der Waals surface area (Å²) in [5.41, 5.74) is 3.49. The highest BCUT2D eigenvalue weighted by molar-refractivity contribution is 5.40. The van der Waals surface area contributed by atoms with Gasteiger partial charge in [-0.05, 0) is 30.9 Å². The number of rotatable bonds is 4. The van der Waals surface area contributed by atoms with Crippen molar-refractivity contribution in [3.05, 3.63) is 75.3 Å². The summed E-state index contributed by atoms with van der Waals surface area (Å²) in [6.45, 7) is 2.06. The molecule has 0 bridgehead atoms. The Kier molecular flexibility index (Phi) is 3.72. The highest BCUT2D eigenvalue weighted by Crippen LogP contribution is 2.20. The monoisotopic (exact) mass is 241 g/mol. The molecule has 2 rings (SSSR count). The molecule has 2 aromatic rings. The molecule has 92 valence electrons.